The first-order valence-electron chi connectivity index (χ1n) is 9.50. The minimum absolute atomic E-state index is 0.0582. The monoisotopic (exact) mass is 379 g/mol. The summed E-state index contributed by atoms with van der Waals surface area (Å²) in [6.07, 6.45) is 0. The van der Waals surface area contributed by atoms with Crippen LogP contribution in [0, 0.1) is 5.82 Å². The molecule has 1 aromatic rings. The summed E-state index contributed by atoms with van der Waals surface area (Å²) in [5.74, 6) is 0.228. The van der Waals surface area contributed by atoms with Crippen molar-refractivity contribution in [2.24, 2.45) is 4.99 Å². The Kier molecular flexibility index (Phi) is 9.00. The number of ether oxygens (including phenoxy) is 1. The molecule has 0 bridgehead atoms. The highest BCUT2D eigenvalue weighted by Gasteiger charge is 2.23. The van der Waals surface area contributed by atoms with E-state index in [0.717, 1.165) is 18.7 Å². The SMILES string of the molecule is CCNC(=O)CN=C(NCC)NCC(c1ccc(F)cc1)N1CCOCC1. The molecule has 7 nitrogen and oxygen atoms in total. The number of halogens is 1. The van der Waals surface area contributed by atoms with Gasteiger partial charge in [0.1, 0.15) is 12.4 Å². The van der Waals surface area contributed by atoms with Crippen LogP contribution in [0.2, 0.25) is 0 Å². The zero-order valence-electron chi connectivity index (χ0n) is 16.1. The Balaban J connectivity index is 2.06. The Bertz CT molecular complexity index is 603. The molecule has 1 fully saturated rings. The molecule has 150 valence electrons. The van der Waals surface area contributed by atoms with E-state index in [0.29, 0.717) is 38.8 Å². The summed E-state index contributed by atoms with van der Waals surface area (Å²) in [5.41, 5.74) is 1.03. The number of morpholine rings is 1. The van der Waals surface area contributed by atoms with Crippen molar-refractivity contribution >= 4 is 11.9 Å². The second kappa shape index (κ2) is 11.5. The number of aliphatic imine (C=N–C) groups is 1. The van der Waals surface area contributed by atoms with Crippen LogP contribution < -0.4 is 16.0 Å². The third kappa shape index (κ3) is 7.15. The van der Waals surface area contributed by atoms with E-state index in [1.165, 1.54) is 12.1 Å². The lowest BCUT2D eigenvalue weighted by Gasteiger charge is -2.35. The molecule has 0 saturated carbocycles. The van der Waals surface area contributed by atoms with Crippen molar-refractivity contribution in [3.05, 3.63) is 35.6 Å². The van der Waals surface area contributed by atoms with Gasteiger partial charge in [0.25, 0.3) is 0 Å². The minimum Gasteiger partial charge on any atom is -0.379 e. The molecule has 2 rings (SSSR count). The average molecular weight is 379 g/mol. The van der Waals surface area contributed by atoms with Crippen molar-refractivity contribution in [3.63, 3.8) is 0 Å². The van der Waals surface area contributed by atoms with Crippen LogP contribution in [0.15, 0.2) is 29.3 Å². The van der Waals surface area contributed by atoms with E-state index in [1.807, 2.05) is 26.0 Å². The van der Waals surface area contributed by atoms with Crippen LogP contribution in [-0.2, 0) is 9.53 Å². The van der Waals surface area contributed by atoms with E-state index in [1.54, 1.807) is 0 Å². The number of hydrogen-bond acceptors (Lipinski definition) is 4. The number of likely N-dealkylation sites (N-methyl/N-ethyl adjacent to an activating group) is 1. The Labute approximate surface area is 160 Å². The molecule has 1 atom stereocenters. The third-order valence-corrected chi connectivity index (χ3v) is 4.30. The molecule has 1 aliphatic rings. The van der Waals surface area contributed by atoms with Gasteiger partial charge >= 0.3 is 0 Å². The first-order chi connectivity index (χ1) is 13.1. The quantitative estimate of drug-likeness (QED) is 0.462. The summed E-state index contributed by atoms with van der Waals surface area (Å²) < 4.78 is 18.8. The standard InChI is InChI=1S/C19H30FN5O2/c1-3-21-18(26)14-24-19(22-4-2)23-13-17(25-9-11-27-12-10-25)15-5-7-16(20)8-6-15/h5-8,17H,3-4,9-14H2,1-2H3,(H,21,26)(H2,22,23,24). The number of carbonyl (C=O) groups excluding carboxylic acids is 1. The van der Waals surface area contributed by atoms with E-state index < -0.39 is 0 Å². The van der Waals surface area contributed by atoms with Gasteiger partial charge in [-0.2, -0.15) is 0 Å². The van der Waals surface area contributed by atoms with Crippen molar-refractivity contribution in [2.45, 2.75) is 19.9 Å². The van der Waals surface area contributed by atoms with Crippen LogP contribution in [0.25, 0.3) is 0 Å². The number of benzene rings is 1. The normalized spacial score (nSPS) is 16.6. The zero-order valence-corrected chi connectivity index (χ0v) is 16.1. The van der Waals surface area contributed by atoms with Crippen LogP contribution in [0.1, 0.15) is 25.5 Å². The van der Waals surface area contributed by atoms with Gasteiger partial charge in [0.15, 0.2) is 5.96 Å². The molecule has 0 aliphatic carbocycles. The first-order valence-corrected chi connectivity index (χ1v) is 9.50. The number of guanidine groups is 1. The lowest BCUT2D eigenvalue weighted by molar-refractivity contribution is -0.119. The smallest absolute Gasteiger partial charge is 0.241 e. The number of rotatable bonds is 8. The van der Waals surface area contributed by atoms with Crippen LogP contribution in [0.4, 0.5) is 4.39 Å². The Morgan fingerprint density at radius 1 is 1.15 bits per heavy atom. The van der Waals surface area contributed by atoms with Crippen LogP contribution in [-0.4, -0.2) is 69.2 Å². The molecule has 0 aromatic heterocycles. The first kappa shape index (κ1) is 21.1. The van der Waals surface area contributed by atoms with E-state index in [9.17, 15) is 9.18 Å². The molecule has 1 amide bonds. The topological polar surface area (TPSA) is 78.0 Å². The maximum atomic E-state index is 13.3. The average Bonchev–Trinajstić information content (AvgIpc) is 2.68. The molecule has 1 heterocycles. The van der Waals surface area contributed by atoms with Crippen LogP contribution in [0.3, 0.4) is 0 Å². The van der Waals surface area contributed by atoms with Gasteiger partial charge in [-0.1, -0.05) is 12.1 Å². The summed E-state index contributed by atoms with van der Waals surface area (Å²) in [5, 5.41) is 9.20. The Morgan fingerprint density at radius 2 is 1.81 bits per heavy atom. The van der Waals surface area contributed by atoms with Crippen molar-refractivity contribution in [1.82, 2.24) is 20.9 Å². The molecule has 1 saturated heterocycles. The largest absolute Gasteiger partial charge is 0.379 e. The number of hydrogen-bond donors (Lipinski definition) is 3. The fourth-order valence-corrected chi connectivity index (χ4v) is 2.97. The summed E-state index contributed by atoms with van der Waals surface area (Å²) in [7, 11) is 0. The third-order valence-electron chi connectivity index (χ3n) is 4.30. The Morgan fingerprint density at radius 3 is 2.44 bits per heavy atom. The number of carbonyl (C=O) groups is 1. The van der Waals surface area contributed by atoms with E-state index in [2.05, 4.69) is 25.8 Å². The van der Waals surface area contributed by atoms with Gasteiger partial charge < -0.3 is 20.7 Å². The molecule has 0 spiro atoms. The summed E-state index contributed by atoms with van der Waals surface area (Å²) in [4.78, 5) is 18.3. The minimum atomic E-state index is -0.246. The zero-order chi connectivity index (χ0) is 19.5. The summed E-state index contributed by atoms with van der Waals surface area (Å²) in [6.45, 7) is 8.79. The van der Waals surface area contributed by atoms with Crippen molar-refractivity contribution in [2.75, 3.05) is 52.5 Å². The summed E-state index contributed by atoms with van der Waals surface area (Å²) >= 11 is 0. The molecular formula is C19H30FN5O2. The molecule has 1 aromatic carbocycles. The molecule has 1 aliphatic heterocycles. The van der Waals surface area contributed by atoms with E-state index >= 15 is 0 Å². The fourth-order valence-electron chi connectivity index (χ4n) is 2.97. The van der Waals surface area contributed by atoms with Gasteiger partial charge in [-0.25, -0.2) is 9.38 Å². The van der Waals surface area contributed by atoms with E-state index in [-0.39, 0.29) is 24.3 Å². The fraction of sp³-hybridized carbons (Fsp3) is 0.579. The molecule has 3 N–H and O–H groups in total. The lowest BCUT2D eigenvalue weighted by Crippen LogP contribution is -2.46. The van der Waals surface area contributed by atoms with Gasteiger partial charge in [0.05, 0.1) is 19.3 Å². The lowest BCUT2D eigenvalue weighted by atomic mass is 10.0. The van der Waals surface area contributed by atoms with Crippen LogP contribution >= 0.6 is 0 Å². The predicted octanol–water partition coefficient (Wildman–Crippen LogP) is 0.890. The highest BCUT2D eigenvalue weighted by atomic mass is 19.1. The highest BCUT2D eigenvalue weighted by Crippen LogP contribution is 2.21. The molecule has 8 heteroatoms. The number of nitrogens with zero attached hydrogens (tertiary/aromatic N) is 2. The van der Waals surface area contributed by atoms with Crippen molar-refractivity contribution in [1.29, 1.82) is 0 Å². The highest BCUT2D eigenvalue weighted by molar-refractivity contribution is 5.84. The van der Waals surface area contributed by atoms with Gasteiger partial charge in [-0.3, -0.25) is 9.69 Å². The predicted molar refractivity (Wildman–Crippen MR) is 104 cm³/mol. The molecule has 0 radical (unpaired) electrons. The summed E-state index contributed by atoms with van der Waals surface area (Å²) in [6, 6.07) is 6.66. The molecular weight excluding hydrogens is 349 g/mol. The Hall–Kier alpha value is -2.19. The second-order valence-corrected chi connectivity index (χ2v) is 6.25. The van der Waals surface area contributed by atoms with Gasteiger partial charge in [0.2, 0.25) is 5.91 Å². The van der Waals surface area contributed by atoms with E-state index in [4.69, 9.17) is 4.74 Å². The van der Waals surface area contributed by atoms with Crippen LogP contribution in [0.5, 0.6) is 0 Å². The van der Waals surface area contributed by atoms with Gasteiger partial charge in [0, 0.05) is 32.7 Å². The number of amides is 1. The second-order valence-electron chi connectivity index (χ2n) is 6.25. The maximum Gasteiger partial charge on any atom is 0.241 e. The molecule has 1 unspecified atom stereocenters. The van der Waals surface area contributed by atoms with Gasteiger partial charge in [-0.05, 0) is 31.5 Å². The van der Waals surface area contributed by atoms with Crippen molar-refractivity contribution < 1.29 is 13.9 Å². The van der Waals surface area contributed by atoms with Crippen molar-refractivity contribution in [3.8, 4) is 0 Å². The van der Waals surface area contributed by atoms with Gasteiger partial charge in [-0.15, -0.1) is 0 Å². The molecule has 27 heavy (non-hydrogen) atoms. The number of nitrogens with one attached hydrogen (secondary N) is 3. The maximum absolute atomic E-state index is 13.3.